The van der Waals surface area contributed by atoms with Crippen LogP contribution in [0, 0.1) is 11.3 Å². The molecule has 0 unspecified atom stereocenters. The second kappa shape index (κ2) is 6.27. The molecule has 0 heterocycles. The minimum Gasteiger partial charge on any atom is -0.459 e. The summed E-state index contributed by atoms with van der Waals surface area (Å²) in [5, 5.41) is 0.387. The van der Waals surface area contributed by atoms with Crippen molar-refractivity contribution >= 4 is 23.3 Å². The Hall–Kier alpha value is -1.22. The van der Waals surface area contributed by atoms with Crippen LogP contribution in [0.1, 0.15) is 56.8 Å². The van der Waals surface area contributed by atoms with Gasteiger partial charge in [0.15, 0.2) is 0 Å². The Morgan fingerprint density at radius 2 is 1.86 bits per heavy atom. The molecule has 1 aromatic carbocycles. The Balaban J connectivity index is 1.94. The quantitative estimate of drug-likeness (QED) is 0.637. The first-order valence-corrected chi connectivity index (χ1v) is 7.91. The number of ether oxygens (including phenoxy) is 1. The molecular formula is C17H24ClNO2. The molecule has 0 aromatic heterocycles. The molecule has 4 heteroatoms. The van der Waals surface area contributed by atoms with Crippen LogP contribution in [0.15, 0.2) is 18.2 Å². The second-order valence-corrected chi connectivity index (χ2v) is 7.39. The number of carbonyl (C=O) groups is 1. The minimum absolute atomic E-state index is 0.00593. The molecule has 1 aliphatic rings. The molecule has 1 fully saturated rings. The van der Waals surface area contributed by atoms with Crippen molar-refractivity contribution in [1.82, 2.24) is 0 Å². The molecule has 116 valence electrons. The number of rotatable bonds is 2. The van der Waals surface area contributed by atoms with Gasteiger partial charge in [-0.15, -0.1) is 0 Å². The van der Waals surface area contributed by atoms with Crippen LogP contribution in [-0.4, -0.2) is 12.1 Å². The Morgan fingerprint density at radius 3 is 2.43 bits per heavy atom. The highest BCUT2D eigenvalue weighted by Crippen LogP contribution is 2.38. The topological polar surface area (TPSA) is 52.3 Å². The molecule has 0 radical (unpaired) electrons. The molecule has 1 aromatic rings. The highest BCUT2D eigenvalue weighted by molar-refractivity contribution is 6.33. The van der Waals surface area contributed by atoms with Gasteiger partial charge in [-0.25, -0.2) is 4.79 Å². The van der Waals surface area contributed by atoms with Crippen molar-refractivity contribution in [3.63, 3.8) is 0 Å². The summed E-state index contributed by atoms with van der Waals surface area (Å²) in [4.78, 5) is 12.2. The van der Waals surface area contributed by atoms with Gasteiger partial charge in [-0.05, 0) is 55.2 Å². The molecule has 3 nitrogen and oxygen atoms in total. The molecule has 0 saturated heterocycles. The summed E-state index contributed by atoms with van der Waals surface area (Å²) >= 11 is 6.04. The van der Waals surface area contributed by atoms with E-state index in [0.29, 0.717) is 27.6 Å². The summed E-state index contributed by atoms with van der Waals surface area (Å²) in [7, 11) is 0. The lowest BCUT2D eigenvalue weighted by molar-refractivity contribution is 0.00932. The second-order valence-electron chi connectivity index (χ2n) is 6.98. The molecular weight excluding hydrogens is 286 g/mol. The van der Waals surface area contributed by atoms with Crippen molar-refractivity contribution in [2.75, 3.05) is 5.73 Å². The van der Waals surface area contributed by atoms with Gasteiger partial charge in [-0.3, -0.25) is 0 Å². The van der Waals surface area contributed by atoms with Gasteiger partial charge in [0.2, 0.25) is 0 Å². The number of esters is 1. The lowest BCUT2D eigenvalue weighted by atomic mass is 9.72. The highest BCUT2D eigenvalue weighted by atomic mass is 35.5. The van der Waals surface area contributed by atoms with Crippen LogP contribution in [0.3, 0.4) is 0 Å². The summed E-state index contributed by atoms with van der Waals surface area (Å²) in [6.45, 7) is 6.82. The van der Waals surface area contributed by atoms with E-state index in [4.69, 9.17) is 22.1 Å². The lowest BCUT2D eigenvalue weighted by Gasteiger charge is -2.36. The van der Waals surface area contributed by atoms with Crippen molar-refractivity contribution in [3.05, 3.63) is 28.8 Å². The molecule has 0 atom stereocenters. The van der Waals surface area contributed by atoms with Gasteiger partial charge in [0, 0.05) is 5.69 Å². The van der Waals surface area contributed by atoms with E-state index in [1.165, 1.54) is 0 Å². The van der Waals surface area contributed by atoms with Crippen LogP contribution in [0.4, 0.5) is 5.69 Å². The first-order valence-electron chi connectivity index (χ1n) is 7.53. The van der Waals surface area contributed by atoms with Gasteiger partial charge < -0.3 is 10.5 Å². The van der Waals surface area contributed by atoms with Crippen LogP contribution < -0.4 is 5.73 Å². The van der Waals surface area contributed by atoms with Crippen LogP contribution in [0.5, 0.6) is 0 Å². The Morgan fingerprint density at radius 1 is 1.24 bits per heavy atom. The van der Waals surface area contributed by atoms with Crippen molar-refractivity contribution in [2.24, 2.45) is 11.3 Å². The molecule has 0 amide bonds. The maximum absolute atomic E-state index is 12.2. The van der Waals surface area contributed by atoms with E-state index in [9.17, 15) is 4.79 Å². The van der Waals surface area contributed by atoms with Crippen LogP contribution in [0.2, 0.25) is 5.02 Å². The normalized spacial score (nSPS) is 22.9. The maximum atomic E-state index is 12.2. The van der Waals surface area contributed by atoms with Crippen LogP contribution >= 0.6 is 11.6 Å². The Bertz CT molecular complexity index is 514. The van der Waals surface area contributed by atoms with Gasteiger partial charge in [-0.2, -0.15) is 0 Å². The van der Waals surface area contributed by atoms with Crippen LogP contribution in [-0.2, 0) is 4.74 Å². The standard InChI is InChI=1S/C17H24ClNO2/c1-17(2,3)11-4-7-13(8-5-11)21-16(20)14-10-12(19)6-9-15(14)18/h6,9-11,13H,4-5,7-8,19H2,1-3H3. The summed E-state index contributed by atoms with van der Waals surface area (Å²) in [6, 6.07) is 4.88. The molecule has 2 rings (SSSR count). The molecule has 0 spiro atoms. The number of nitrogens with two attached hydrogens (primary N) is 1. The fourth-order valence-electron chi connectivity index (χ4n) is 2.96. The van der Waals surface area contributed by atoms with Gasteiger partial charge in [0.25, 0.3) is 0 Å². The highest BCUT2D eigenvalue weighted by Gasteiger charge is 2.31. The third kappa shape index (κ3) is 4.13. The van der Waals surface area contributed by atoms with Gasteiger partial charge in [-0.1, -0.05) is 32.4 Å². The van der Waals surface area contributed by atoms with Gasteiger partial charge in [0.05, 0.1) is 10.6 Å². The smallest absolute Gasteiger partial charge is 0.340 e. The average Bonchev–Trinajstić information content (AvgIpc) is 2.41. The van der Waals surface area contributed by atoms with E-state index in [2.05, 4.69) is 20.8 Å². The zero-order valence-corrected chi connectivity index (χ0v) is 13.7. The van der Waals surface area contributed by atoms with E-state index in [-0.39, 0.29) is 12.1 Å². The lowest BCUT2D eigenvalue weighted by Crippen LogP contribution is -2.30. The summed E-state index contributed by atoms with van der Waals surface area (Å²) in [5.74, 6) is 0.329. The first-order chi connectivity index (χ1) is 9.77. The zero-order chi connectivity index (χ0) is 15.6. The number of nitrogen functional groups attached to an aromatic ring is 1. The maximum Gasteiger partial charge on any atom is 0.340 e. The monoisotopic (exact) mass is 309 g/mol. The zero-order valence-electron chi connectivity index (χ0n) is 13.0. The van der Waals surface area contributed by atoms with E-state index in [0.717, 1.165) is 25.7 Å². The average molecular weight is 310 g/mol. The fraction of sp³-hybridized carbons (Fsp3) is 0.588. The van der Waals surface area contributed by atoms with Crippen molar-refractivity contribution in [1.29, 1.82) is 0 Å². The predicted molar refractivity (Wildman–Crippen MR) is 86.5 cm³/mol. The predicted octanol–water partition coefficient (Wildman–Crippen LogP) is 4.68. The van der Waals surface area contributed by atoms with Crippen molar-refractivity contribution in [2.45, 2.75) is 52.6 Å². The summed E-state index contributed by atoms with van der Waals surface area (Å²) < 4.78 is 5.60. The van der Waals surface area contributed by atoms with Gasteiger partial charge >= 0.3 is 5.97 Å². The van der Waals surface area contributed by atoms with E-state index in [1.54, 1.807) is 18.2 Å². The number of hydrogen-bond donors (Lipinski definition) is 1. The molecule has 1 aliphatic carbocycles. The molecule has 2 N–H and O–H groups in total. The molecule has 0 bridgehead atoms. The third-order valence-electron chi connectivity index (χ3n) is 4.38. The van der Waals surface area contributed by atoms with E-state index < -0.39 is 0 Å². The minimum atomic E-state index is -0.369. The number of halogens is 1. The summed E-state index contributed by atoms with van der Waals surface area (Å²) in [5.41, 5.74) is 6.90. The molecule has 21 heavy (non-hydrogen) atoms. The number of anilines is 1. The van der Waals surface area contributed by atoms with E-state index >= 15 is 0 Å². The largest absolute Gasteiger partial charge is 0.459 e. The Kier molecular flexibility index (Phi) is 4.82. The first kappa shape index (κ1) is 16.2. The van der Waals surface area contributed by atoms with Gasteiger partial charge in [0.1, 0.15) is 6.10 Å². The van der Waals surface area contributed by atoms with Crippen molar-refractivity contribution < 1.29 is 9.53 Å². The number of benzene rings is 1. The molecule has 1 saturated carbocycles. The number of hydrogen-bond acceptors (Lipinski definition) is 3. The third-order valence-corrected chi connectivity index (χ3v) is 4.71. The van der Waals surface area contributed by atoms with Crippen molar-refractivity contribution in [3.8, 4) is 0 Å². The fourth-order valence-corrected chi connectivity index (χ4v) is 3.16. The molecule has 0 aliphatic heterocycles. The summed E-state index contributed by atoms with van der Waals surface area (Å²) in [6.07, 6.45) is 4.05. The van der Waals surface area contributed by atoms with Crippen LogP contribution in [0.25, 0.3) is 0 Å². The SMILES string of the molecule is CC(C)(C)C1CCC(OC(=O)c2cc(N)ccc2Cl)CC1. The number of carbonyl (C=O) groups excluding carboxylic acids is 1. The van der Waals surface area contributed by atoms with E-state index in [1.807, 2.05) is 0 Å². The Labute approximate surface area is 131 Å².